The normalized spacial score (nSPS) is 18.9. The number of ether oxygens (including phenoxy) is 1. The minimum Gasteiger partial charge on any atom is -0.394 e. The SMILES string of the molecule is OC[C@@H](O)COCCCCCCCCCCC[C@H]1C=CCC1. The number of aliphatic hydroxyl groups excluding tert-OH is 2. The lowest BCUT2D eigenvalue weighted by molar-refractivity contribution is 0.00526. The molecule has 1 aliphatic carbocycles. The fraction of sp³-hybridized carbons (Fsp3) is 0.895. The van der Waals surface area contributed by atoms with Gasteiger partial charge in [-0.25, -0.2) is 0 Å². The van der Waals surface area contributed by atoms with E-state index < -0.39 is 6.10 Å². The maximum atomic E-state index is 9.10. The molecule has 3 nitrogen and oxygen atoms in total. The Morgan fingerprint density at radius 1 is 0.955 bits per heavy atom. The Morgan fingerprint density at radius 3 is 2.18 bits per heavy atom. The molecule has 130 valence electrons. The summed E-state index contributed by atoms with van der Waals surface area (Å²) in [7, 11) is 0. The van der Waals surface area contributed by atoms with Gasteiger partial charge in [0.15, 0.2) is 0 Å². The second-order valence-corrected chi connectivity index (χ2v) is 6.65. The zero-order valence-corrected chi connectivity index (χ0v) is 14.2. The number of unbranched alkanes of at least 4 members (excludes halogenated alkanes) is 8. The van der Waals surface area contributed by atoms with E-state index in [0.29, 0.717) is 6.61 Å². The van der Waals surface area contributed by atoms with Gasteiger partial charge in [0.25, 0.3) is 0 Å². The fourth-order valence-corrected chi connectivity index (χ4v) is 3.06. The van der Waals surface area contributed by atoms with Crippen molar-refractivity contribution in [2.75, 3.05) is 19.8 Å². The summed E-state index contributed by atoms with van der Waals surface area (Å²) in [4.78, 5) is 0. The van der Waals surface area contributed by atoms with Crippen LogP contribution < -0.4 is 0 Å². The van der Waals surface area contributed by atoms with Gasteiger partial charge in [-0.15, -0.1) is 0 Å². The van der Waals surface area contributed by atoms with Crippen LogP contribution in [0.1, 0.15) is 77.0 Å². The average molecular weight is 312 g/mol. The maximum absolute atomic E-state index is 9.10. The third-order valence-corrected chi connectivity index (χ3v) is 4.50. The van der Waals surface area contributed by atoms with E-state index in [-0.39, 0.29) is 13.2 Å². The molecule has 0 saturated heterocycles. The fourth-order valence-electron chi connectivity index (χ4n) is 3.06. The lowest BCUT2D eigenvalue weighted by Gasteiger charge is -2.08. The van der Waals surface area contributed by atoms with Crippen LogP contribution in [0.4, 0.5) is 0 Å². The highest BCUT2D eigenvalue weighted by molar-refractivity contribution is 4.95. The quantitative estimate of drug-likeness (QED) is 0.351. The molecule has 0 aromatic heterocycles. The zero-order valence-electron chi connectivity index (χ0n) is 14.2. The van der Waals surface area contributed by atoms with Crippen LogP contribution in [0.2, 0.25) is 0 Å². The summed E-state index contributed by atoms with van der Waals surface area (Å²) < 4.78 is 5.29. The van der Waals surface area contributed by atoms with Crippen LogP contribution >= 0.6 is 0 Å². The molecule has 0 heterocycles. The maximum Gasteiger partial charge on any atom is 0.100 e. The molecule has 0 saturated carbocycles. The smallest absolute Gasteiger partial charge is 0.100 e. The van der Waals surface area contributed by atoms with Crippen molar-refractivity contribution in [3.63, 3.8) is 0 Å². The zero-order chi connectivity index (χ0) is 15.9. The Bertz CT molecular complexity index is 265. The van der Waals surface area contributed by atoms with Crippen molar-refractivity contribution in [3.8, 4) is 0 Å². The van der Waals surface area contributed by atoms with E-state index in [1.54, 1.807) is 0 Å². The molecule has 0 fully saturated rings. The van der Waals surface area contributed by atoms with Gasteiger partial charge >= 0.3 is 0 Å². The number of hydrogen-bond acceptors (Lipinski definition) is 3. The molecule has 0 aromatic rings. The van der Waals surface area contributed by atoms with Gasteiger partial charge in [0.2, 0.25) is 0 Å². The molecule has 1 rings (SSSR count). The van der Waals surface area contributed by atoms with E-state index in [4.69, 9.17) is 14.9 Å². The second kappa shape index (κ2) is 14.2. The summed E-state index contributed by atoms with van der Waals surface area (Å²) in [6.07, 6.45) is 20.0. The standard InChI is InChI=1S/C19H36O3/c20-16-19(21)17-22-15-11-7-5-3-1-2-4-6-8-12-18-13-9-10-14-18/h9,13,18-21H,1-8,10-12,14-17H2/t18-,19+/m0/s1. The van der Waals surface area contributed by atoms with Gasteiger partial charge in [-0.05, 0) is 31.6 Å². The van der Waals surface area contributed by atoms with E-state index in [1.165, 1.54) is 70.6 Å². The van der Waals surface area contributed by atoms with Crippen LogP contribution in [0, 0.1) is 5.92 Å². The van der Waals surface area contributed by atoms with Crippen LogP contribution in [0.15, 0.2) is 12.2 Å². The number of aliphatic hydroxyl groups is 2. The molecule has 2 atom stereocenters. The van der Waals surface area contributed by atoms with Crippen molar-refractivity contribution in [1.82, 2.24) is 0 Å². The van der Waals surface area contributed by atoms with Crippen molar-refractivity contribution >= 4 is 0 Å². The van der Waals surface area contributed by atoms with Gasteiger partial charge in [0, 0.05) is 6.61 Å². The van der Waals surface area contributed by atoms with E-state index in [0.717, 1.165) is 12.3 Å². The van der Waals surface area contributed by atoms with Gasteiger partial charge in [0.05, 0.1) is 13.2 Å². The summed E-state index contributed by atoms with van der Waals surface area (Å²) >= 11 is 0. The predicted octanol–water partition coefficient (Wildman–Crippen LogP) is 4.22. The van der Waals surface area contributed by atoms with E-state index in [2.05, 4.69) is 12.2 Å². The summed E-state index contributed by atoms with van der Waals surface area (Å²) in [5.74, 6) is 0.890. The molecular formula is C19H36O3. The van der Waals surface area contributed by atoms with Crippen molar-refractivity contribution < 1.29 is 14.9 Å². The third kappa shape index (κ3) is 11.2. The monoisotopic (exact) mass is 312 g/mol. The number of rotatable bonds is 15. The van der Waals surface area contributed by atoms with E-state index in [1.807, 2.05) is 0 Å². The first kappa shape index (κ1) is 19.7. The largest absolute Gasteiger partial charge is 0.394 e. The van der Waals surface area contributed by atoms with Crippen LogP contribution in [0.3, 0.4) is 0 Å². The minimum atomic E-state index is -0.718. The van der Waals surface area contributed by atoms with Gasteiger partial charge in [-0.3, -0.25) is 0 Å². The highest BCUT2D eigenvalue weighted by atomic mass is 16.5. The molecule has 1 aliphatic rings. The first-order chi connectivity index (χ1) is 10.8. The predicted molar refractivity (Wildman–Crippen MR) is 91.9 cm³/mol. The number of hydrogen-bond donors (Lipinski definition) is 2. The van der Waals surface area contributed by atoms with Gasteiger partial charge in [-0.2, -0.15) is 0 Å². The molecule has 0 bridgehead atoms. The minimum absolute atomic E-state index is 0.211. The molecule has 0 spiro atoms. The molecule has 0 amide bonds. The van der Waals surface area contributed by atoms with Crippen LogP contribution in [-0.4, -0.2) is 36.1 Å². The lowest BCUT2D eigenvalue weighted by Crippen LogP contribution is -2.19. The van der Waals surface area contributed by atoms with E-state index >= 15 is 0 Å². The Balaban J connectivity index is 1.68. The van der Waals surface area contributed by atoms with Crippen LogP contribution in [0.25, 0.3) is 0 Å². The Morgan fingerprint density at radius 2 is 1.59 bits per heavy atom. The first-order valence-corrected chi connectivity index (χ1v) is 9.36. The molecule has 0 aliphatic heterocycles. The highest BCUT2D eigenvalue weighted by Gasteiger charge is 2.07. The van der Waals surface area contributed by atoms with Gasteiger partial charge in [0.1, 0.15) is 6.10 Å². The first-order valence-electron chi connectivity index (χ1n) is 9.36. The molecule has 2 N–H and O–H groups in total. The average Bonchev–Trinajstić information content (AvgIpc) is 3.04. The summed E-state index contributed by atoms with van der Waals surface area (Å²) in [6, 6.07) is 0. The molecule has 0 aromatic carbocycles. The van der Waals surface area contributed by atoms with Crippen LogP contribution in [0.5, 0.6) is 0 Å². The van der Waals surface area contributed by atoms with Crippen molar-refractivity contribution in [1.29, 1.82) is 0 Å². The summed E-state index contributed by atoms with van der Waals surface area (Å²) in [5, 5.41) is 17.7. The summed E-state index contributed by atoms with van der Waals surface area (Å²) in [5.41, 5.74) is 0. The third-order valence-electron chi connectivity index (χ3n) is 4.50. The Kier molecular flexibility index (Phi) is 12.7. The second-order valence-electron chi connectivity index (χ2n) is 6.65. The molecule has 0 radical (unpaired) electrons. The van der Waals surface area contributed by atoms with Gasteiger partial charge in [-0.1, -0.05) is 63.5 Å². The van der Waals surface area contributed by atoms with E-state index in [9.17, 15) is 0 Å². The molecule has 0 unspecified atom stereocenters. The number of allylic oxidation sites excluding steroid dienone is 2. The van der Waals surface area contributed by atoms with Crippen molar-refractivity contribution in [3.05, 3.63) is 12.2 Å². The topological polar surface area (TPSA) is 49.7 Å². The molecular weight excluding hydrogens is 276 g/mol. The van der Waals surface area contributed by atoms with Crippen LogP contribution in [-0.2, 0) is 4.74 Å². The Hall–Kier alpha value is -0.380. The molecule has 22 heavy (non-hydrogen) atoms. The van der Waals surface area contributed by atoms with Gasteiger partial charge < -0.3 is 14.9 Å². The highest BCUT2D eigenvalue weighted by Crippen LogP contribution is 2.23. The van der Waals surface area contributed by atoms with Crippen molar-refractivity contribution in [2.45, 2.75) is 83.2 Å². The van der Waals surface area contributed by atoms with Crippen molar-refractivity contribution in [2.24, 2.45) is 5.92 Å². The molecule has 3 heteroatoms. The lowest BCUT2D eigenvalue weighted by atomic mass is 9.99. The summed E-state index contributed by atoms with van der Waals surface area (Å²) in [6.45, 7) is 0.747. The Labute approximate surface area is 136 Å².